The molecule has 0 aromatic rings. The minimum absolute atomic E-state index is 0.0149. The second-order valence-corrected chi connectivity index (χ2v) is 12.4. The molecule has 0 spiro atoms. The maximum absolute atomic E-state index is 13.0. The molecule has 4 saturated carbocycles. The molecule has 11 atom stereocenters. The van der Waals surface area contributed by atoms with E-state index in [1.807, 2.05) is 14.2 Å². The smallest absolute Gasteiger partial charge is 0.310 e. The van der Waals surface area contributed by atoms with Crippen molar-refractivity contribution >= 4 is 5.97 Å². The zero-order valence-electron chi connectivity index (χ0n) is 22.1. The first-order valence-electron chi connectivity index (χ1n) is 13.5. The van der Waals surface area contributed by atoms with Crippen molar-refractivity contribution in [1.29, 1.82) is 0 Å². The molecular weight excluding hydrogens is 416 g/mol. The van der Waals surface area contributed by atoms with Crippen molar-refractivity contribution in [3.63, 3.8) is 0 Å². The van der Waals surface area contributed by atoms with Crippen LogP contribution < -0.4 is 0 Å². The van der Waals surface area contributed by atoms with Crippen LogP contribution in [0.5, 0.6) is 0 Å². The van der Waals surface area contributed by atoms with E-state index < -0.39 is 11.4 Å². The van der Waals surface area contributed by atoms with Crippen molar-refractivity contribution in [2.75, 3.05) is 21.3 Å². The van der Waals surface area contributed by atoms with Gasteiger partial charge in [-0.1, -0.05) is 40.5 Å². The summed E-state index contributed by atoms with van der Waals surface area (Å²) in [7, 11) is 5.42. The van der Waals surface area contributed by atoms with Crippen molar-refractivity contribution in [2.45, 2.75) is 104 Å². The maximum Gasteiger partial charge on any atom is 0.310 e. The van der Waals surface area contributed by atoms with Crippen LogP contribution in [0.1, 0.15) is 85.5 Å². The summed E-state index contributed by atoms with van der Waals surface area (Å²) in [5.74, 6) is 1.92. The number of carbonyl (C=O) groups is 1. The summed E-state index contributed by atoms with van der Waals surface area (Å²) in [6.07, 6.45) is 9.14. The predicted octanol–water partition coefficient (Wildman–Crippen LogP) is 5.80. The van der Waals surface area contributed by atoms with Gasteiger partial charge in [0.2, 0.25) is 0 Å². The Kier molecular flexibility index (Phi) is 7.01. The molecule has 4 aliphatic rings. The van der Waals surface area contributed by atoms with Crippen molar-refractivity contribution in [2.24, 2.45) is 45.8 Å². The number of aliphatic carboxylic acids is 1. The molecule has 33 heavy (non-hydrogen) atoms. The molecule has 0 aromatic heterocycles. The topological polar surface area (TPSA) is 65.0 Å². The van der Waals surface area contributed by atoms with Gasteiger partial charge in [-0.25, -0.2) is 0 Å². The number of fused-ring (bicyclic) bond motifs is 5. The van der Waals surface area contributed by atoms with E-state index in [0.29, 0.717) is 42.4 Å². The van der Waals surface area contributed by atoms with Gasteiger partial charge in [0.05, 0.1) is 23.7 Å². The Balaban J connectivity index is 1.78. The Morgan fingerprint density at radius 1 is 1.03 bits per heavy atom. The standard InChI is InChI=1S/C28H48O5/c1-8-9-17(2)19-10-11-20-24-21(14-23(33-7)27(19,20)4)26(3)13-12-18(31-5)15-28(26,25(29)30)16-22(24)32-6/h17-24H,8-16H2,1-7H3,(H,29,30)/t17-,18?,19-,20+,21+,22?,23?,24+,26-,27-,28?/m1/s1. The lowest BCUT2D eigenvalue weighted by Crippen LogP contribution is -2.68. The molecule has 0 aromatic carbocycles. The average molecular weight is 465 g/mol. The number of rotatable bonds is 7. The third-order valence-corrected chi connectivity index (χ3v) is 11.7. The summed E-state index contributed by atoms with van der Waals surface area (Å²) in [6, 6.07) is 0. The molecule has 0 bridgehead atoms. The van der Waals surface area contributed by atoms with E-state index in [0.717, 1.165) is 19.3 Å². The average Bonchev–Trinajstić information content (AvgIpc) is 3.15. The monoisotopic (exact) mass is 464 g/mol. The predicted molar refractivity (Wildman–Crippen MR) is 129 cm³/mol. The molecule has 5 nitrogen and oxygen atoms in total. The minimum atomic E-state index is -0.798. The van der Waals surface area contributed by atoms with Crippen LogP contribution in [0.15, 0.2) is 0 Å². The van der Waals surface area contributed by atoms with Crippen molar-refractivity contribution in [1.82, 2.24) is 0 Å². The molecule has 0 amide bonds. The Morgan fingerprint density at radius 3 is 2.33 bits per heavy atom. The van der Waals surface area contributed by atoms with Gasteiger partial charge in [0, 0.05) is 26.7 Å². The molecule has 190 valence electrons. The number of carboxylic acids is 1. The first-order valence-corrected chi connectivity index (χ1v) is 13.5. The van der Waals surface area contributed by atoms with Crippen LogP contribution in [0.3, 0.4) is 0 Å². The summed E-state index contributed by atoms with van der Waals surface area (Å²) in [5.41, 5.74) is -0.934. The van der Waals surface area contributed by atoms with Crippen molar-refractivity contribution in [3.8, 4) is 0 Å². The highest BCUT2D eigenvalue weighted by Crippen LogP contribution is 2.72. The van der Waals surface area contributed by atoms with E-state index in [2.05, 4.69) is 27.7 Å². The molecule has 4 rings (SSSR count). The summed E-state index contributed by atoms with van der Waals surface area (Å²) < 4.78 is 18.3. The molecule has 5 heteroatoms. The highest BCUT2D eigenvalue weighted by molar-refractivity contribution is 5.76. The van der Waals surface area contributed by atoms with Crippen LogP contribution in [-0.4, -0.2) is 50.7 Å². The zero-order chi connectivity index (χ0) is 24.2. The van der Waals surface area contributed by atoms with Crippen molar-refractivity contribution in [3.05, 3.63) is 0 Å². The lowest BCUT2D eigenvalue weighted by atomic mass is 9.38. The second-order valence-electron chi connectivity index (χ2n) is 12.4. The van der Waals surface area contributed by atoms with E-state index >= 15 is 0 Å². The molecule has 0 aliphatic heterocycles. The molecule has 0 heterocycles. The van der Waals surface area contributed by atoms with Crippen LogP contribution in [0.2, 0.25) is 0 Å². The zero-order valence-corrected chi connectivity index (χ0v) is 22.1. The normalized spacial score (nSPS) is 50.2. The Hall–Kier alpha value is -0.650. The molecule has 0 saturated heterocycles. The Morgan fingerprint density at radius 2 is 1.76 bits per heavy atom. The molecule has 0 radical (unpaired) electrons. The van der Waals surface area contributed by atoms with Gasteiger partial charge < -0.3 is 19.3 Å². The number of carboxylic acid groups (broad SMARTS) is 1. The molecular formula is C28H48O5. The fourth-order valence-electron chi connectivity index (χ4n) is 9.99. The van der Waals surface area contributed by atoms with Gasteiger partial charge >= 0.3 is 5.97 Å². The van der Waals surface area contributed by atoms with Gasteiger partial charge in [-0.2, -0.15) is 0 Å². The minimum Gasteiger partial charge on any atom is -0.481 e. The van der Waals surface area contributed by atoms with E-state index in [9.17, 15) is 9.90 Å². The van der Waals surface area contributed by atoms with Crippen LogP contribution in [-0.2, 0) is 19.0 Å². The Bertz CT molecular complexity index is 725. The number of methoxy groups -OCH3 is 3. The highest BCUT2D eigenvalue weighted by Gasteiger charge is 2.71. The van der Waals surface area contributed by atoms with Gasteiger partial charge in [0.15, 0.2) is 0 Å². The fraction of sp³-hybridized carbons (Fsp3) is 0.964. The fourth-order valence-corrected chi connectivity index (χ4v) is 9.99. The quantitative estimate of drug-likeness (QED) is 0.516. The van der Waals surface area contributed by atoms with E-state index in [1.165, 1.54) is 25.7 Å². The number of hydrogen-bond donors (Lipinski definition) is 1. The van der Waals surface area contributed by atoms with Crippen LogP contribution in [0, 0.1) is 45.8 Å². The van der Waals surface area contributed by atoms with Crippen LogP contribution >= 0.6 is 0 Å². The SMILES string of the molecule is CCC[C@@H](C)[C@H]1CC[C@H]2[C@@H]3C(OC)CC4(C(=O)O)CC(OC)CC[C@]4(C)[C@H]3CC(OC)[C@]12C. The lowest BCUT2D eigenvalue weighted by molar-refractivity contribution is -0.249. The maximum atomic E-state index is 13.0. The summed E-state index contributed by atoms with van der Waals surface area (Å²) in [4.78, 5) is 13.0. The van der Waals surface area contributed by atoms with Crippen LogP contribution in [0.25, 0.3) is 0 Å². The first kappa shape index (κ1) is 25.4. The van der Waals surface area contributed by atoms with Crippen LogP contribution in [0.4, 0.5) is 0 Å². The first-order chi connectivity index (χ1) is 15.6. The van der Waals surface area contributed by atoms with Gasteiger partial charge in [-0.05, 0) is 80.0 Å². The van der Waals surface area contributed by atoms with Gasteiger partial charge in [-0.15, -0.1) is 0 Å². The van der Waals surface area contributed by atoms with Crippen molar-refractivity contribution < 1.29 is 24.1 Å². The second kappa shape index (κ2) is 9.09. The van der Waals surface area contributed by atoms with Gasteiger partial charge in [0.25, 0.3) is 0 Å². The molecule has 4 aliphatic carbocycles. The van der Waals surface area contributed by atoms with E-state index in [1.54, 1.807) is 7.11 Å². The number of ether oxygens (including phenoxy) is 3. The third kappa shape index (κ3) is 3.46. The van der Waals surface area contributed by atoms with Gasteiger partial charge in [0.1, 0.15) is 0 Å². The summed E-state index contributed by atoms with van der Waals surface area (Å²) in [6.45, 7) is 9.53. The Labute approximate surface area is 201 Å². The third-order valence-electron chi connectivity index (χ3n) is 11.7. The van der Waals surface area contributed by atoms with E-state index in [-0.39, 0.29) is 29.1 Å². The molecule has 4 fully saturated rings. The highest BCUT2D eigenvalue weighted by atomic mass is 16.5. The summed E-state index contributed by atoms with van der Waals surface area (Å²) >= 11 is 0. The summed E-state index contributed by atoms with van der Waals surface area (Å²) in [5, 5.41) is 10.7. The lowest BCUT2D eigenvalue weighted by Gasteiger charge is -2.67. The largest absolute Gasteiger partial charge is 0.481 e. The van der Waals surface area contributed by atoms with E-state index in [4.69, 9.17) is 14.2 Å². The molecule has 1 N–H and O–H groups in total. The molecule has 4 unspecified atom stereocenters. The van der Waals surface area contributed by atoms with Gasteiger partial charge in [-0.3, -0.25) is 4.79 Å². The number of hydrogen-bond acceptors (Lipinski definition) is 4.